The minimum Gasteiger partial charge on any atom is -0.289 e. The molecule has 0 atom stereocenters. The summed E-state index contributed by atoms with van der Waals surface area (Å²) in [4.78, 5) is 12.3. The molecule has 0 saturated heterocycles. The largest absolute Gasteiger partial charge is 0.289 e. The maximum absolute atomic E-state index is 12.3. The van der Waals surface area contributed by atoms with Crippen molar-refractivity contribution in [3.05, 3.63) is 23.3 Å². The van der Waals surface area contributed by atoms with Crippen molar-refractivity contribution < 1.29 is 4.79 Å². The van der Waals surface area contributed by atoms with Crippen LogP contribution in [0.4, 0.5) is 0 Å². The van der Waals surface area contributed by atoms with E-state index in [0.29, 0.717) is 5.78 Å². The molecule has 0 spiro atoms. The first-order chi connectivity index (χ1) is 7.88. The zero-order valence-electron chi connectivity index (χ0n) is 10.1. The van der Waals surface area contributed by atoms with Gasteiger partial charge in [-0.2, -0.15) is 0 Å². The highest BCUT2D eigenvalue weighted by Crippen LogP contribution is 2.25. The van der Waals surface area contributed by atoms with E-state index in [4.69, 9.17) is 0 Å². The first-order valence-electron chi connectivity index (χ1n) is 6.81. The third-order valence-corrected chi connectivity index (χ3v) is 3.67. The molecule has 0 saturated carbocycles. The van der Waals surface area contributed by atoms with Crippen molar-refractivity contribution in [2.45, 2.75) is 64.2 Å². The average Bonchev–Trinajstić information content (AvgIpc) is 2.29. The first kappa shape index (κ1) is 11.6. The molecule has 0 aliphatic heterocycles. The van der Waals surface area contributed by atoms with Gasteiger partial charge in [0.15, 0.2) is 5.78 Å². The molecule has 16 heavy (non-hydrogen) atoms. The van der Waals surface area contributed by atoms with Crippen molar-refractivity contribution in [3.63, 3.8) is 0 Å². The summed E-state index contributed by atoms with van der Waals surface area (Å²) in [6.45, 7) is 0. The summed E-state index contributed by atoms with van der Waals surface area (Å²) in [6, 6.07) is 0. The summed E-state index contributed by atoms with van der Waals surface area (Å²) in [6.07, 6.45) is 16.2. The molecule has 88 valence electrons. The molecule has 0 aromatic carbocycles. The van der Waals surface area contributed by atoms with Gasteiger partial charge in [0.25, 0.3) is 0 Å². The van der Waals surface area contributed by atoms with Crippen molar-refractivity contribution in [2.75, 3.05) is 0 Å². The van der Waals surface area contributed by atoms with E-state index in [1.807, 2.05) is 0 Å². The van der Waals surface area contributed by atoms with Crippen LogP contribution in [0.25, 0.3) is 0 Å². The first-order valence-corrected chi connectivity index (χ1v) is 6.81. The van der Waals surface area contributed by atoms with Gasteiger partial charge >= 0.3 is 0 Å². The maximum Gasteiger partial charge on any atom is 0.184 e. The molecule has 2 aliphatic carbocycles. The number of Topliss-reactive ketones (excluding diaryl/α,β-unsaturated/α-hetero) is 1. The van der Waals surface area contributed by atoms with Crippen LogP contribution in [0.2, 0.25) is 0 Å². The van der Waals surface area contributed by atoms with Crippen LogP contribution >= 0.6 is 0 Å². The molecule has 0 unspecified atom stereocenters. The number of hydrogen-bond donors (Lipinski definition) is 0. The summed E-state index contributed by atoms with van der Waals surface area (Å²) >= 11 is 0. The van der Waals surface area contributed by atoms with Crippen molar-refractivity contribution in [3.8, 4) is 0 Å². The molecule has 0 N–H and O–H groups in total. The van der Waals surface area contributed by atoms with Gasteiger partial charge in [0, 0.05) is 0 Å². The second-order valence-electron chi connectivity index (χ2n) is 4.99. The summed E-state index contributed by atoms with van der Waals surface area (Å²) in [5.41, 5.74) is 2.20. The standard InChI is InChI=1S/C15H22O/c16-15(14-11-7-4-8-12-14)13-9-5-2-1-3-6-10-13/h9,11H,1-8,10,12H2. The summed E-state index contributed by atoms with van der Waals surface area (Å²) < 4.78 is 0. The molecule has 0 heterocycles. The minimum atomic E-state index is 0.363. The number of hydrogen-bond acceptors (Lipinski definition) is 1. The molecule has 2 rings (SSSR count). The van der Waals surface area contributed by atoms with Crippen LogP contribution in [0, 0.1) is 0 Å². The summed E-state index contributed by atoms with van der Waals surface area (Å²) in [5.74, 6) is 0.363. The fourth-order valence-corrected chi connectivity index (χ4v) is 2.65. The quantitative estimate of drug-likeness (QED) is 0.674. The molecule has 0 bridgehead atoms. The third kappa shape index (κ3) is 3.07. The highest BCUT2D eigenvalue weighted by atomic mass is 16.1. The topological polar surface area (TPSA) is 17.1 Å². The molecule has 0 amide bonds. The molecule has 2 aliphatic rings. The number of rotatable bonds is 2. The lowest BCUT2D eigenvalue weighted by molar-refractivity contribution is -0.112. The highest BCUT2D eigenvalue weighted by Gasteiger charge is 2.16. The normalized spacial score (nSPS) is 22.8. The van der Waals surface area contributed by atoms with Gasteiger partial charge in [0.1, 0.15) is 0 Å². The molecule has 0 fully saturated rings. The van der Waals surface area contributed by atoms with E-state index >= 15 is 0 Å². The zero-order chi connectivity index (χ0) is 11.2. The fourth-order valence-electron chi connectivity index (χ4n) is 2.65. The van der Waals surface area contributed by atoms with Crippen LogP contribution in [0.15, 0.2) is 23.3 Å². The summed E-state index contributed by atoms with van der Waals surface area (Å²) in [5, 5.41) is 0. The van der Waals surface area contributed by atoms with Crippen molar-refractivity contribution in [2.24, 2.45) is 0 Å². The van der Waals surface area contributed by atoms with Crippen LogP contribution in [-0.2, 0) is 4.79 Å². The molecule has 0 aromatic heterocycles. The van der Waals surface area contributed by atoms with E-state index in [9.17, 15) is 4.79 Å². The van der Waals surface area contributed by atoms with Crippen LogP contribution < -0.4 is 0 Å². The predicted octanol–water partition coefficient (Wildman–Crippen LogP) is 4.34. The Morgan fingerprint density at radius 3 is 1.94 bits per heavy atom. The molecular weight excluding hydrogens is 196 g/mol. The van der Waals surface area contributed by atoms with E-state index in [2.05, 4.69) is 12.2 Å². The number of allylic oxidation sites excluding steroid dienone is 4. The van der Waals surface area contributed by atoms with Crippen molar-refractivity contribution >= 4 is 5.78 Å². The second-order valence-corrected chi connectivity index (χ2v) is 4.99. The lowest BCUT2D eigenvalue weighted by Crippen LogP contribution is -2.10. The molecular formula is C15H22O. The predicted molar refractivity (Wildman–Crippen MR) is 67.3 cm³/mol. The van der Waals surface area contributed by atoms with Crippen molar-refractivity contribution in [1.82, 2.24) is 0 Å². The van der Waals surface area contributed by atoms with Crippen LogP contribution in [-0.4, -0.2) is 5.78 Å². The Morgan fingerprint density at radius 1 is 0.750 bits per heavy atom. The van der Waals surface area contributed by atoms with Gasteiger partial charge in [-0.05, 0) is 62.5 Å². The van der Waals surface area contributed by atoms with Gasteiger partial charge in [-0.15, -0.1) is 0 Å². The molecule has 0 aromatic rings. The Balaban J connectivity index is 2.03. The highest BCUT2D eigenvalue weighted by molar-refractivity contribution is 6.08. The van der Waals surface area contributed by atoms with Crippen molar-refractivity contribution in [1.29, 1.82) is 0 Å². The van der Waals surface area contributed by atoms with Gasteiger partial charge < -0.3 is 0 Å². The van der Waals surface area contributed by atoms with Crippen LogP contribution in [0.1, 0.15) is 64.2 Å². The van der Waals surface area contributed by atoms with Gasteiger partial charge in [-0.25, -0.2) is 0 Å². The monoisotopic (exact) mass is 218 g/mol. The SMILES string of the molecule is O=C(C1=CCCCC1)C1=CCCCCCC1. The maximum atomic E-state index is 12.3. The lowest BCUT2D eigenvalue weighted by atomic mass is 9.89. The molecule has 1 nitrogen and oxygen atoms in total. The van der Waals surface area contributed by atoms with Gasteiger partial charge in [0.05, 0.1) is 0 Å². The second kappa shape index (κ2) is 6.03. The third-order valence-electron chi connectivity index (χ3n) is 3.67. The van der Waals surface area contributed by atoms with Crippen LogP contribution in [0.5, 0.6) is 0 Å². The van der Waals surface area contributed by atoms with E-state index in [1.54, 1.807) is 0 Å². The zero-order valence-corrected chi connectivity index (χ0v) is 10.1. The average molecular weight is 218 g/mol. The number of carbonyl (C=O) groups excluding carboxylic acids is 1. The van der Waals surface area contributed by atoms with Gasteiger partial charge in [-0.3, -0.25) is 4.79 Å². The van der Waals surface area contributed by atoms with E-state index in [-0.39, 0.29) is 0 Å². The Kier molecular flexibility index (Phi) is 4.38. The Morgan fingerprint density at radius 2 is 1.25 bits per heavy atom. The number of carbonyl (C=O) groups is 1. The van der Waals surface area contributed by atoms with E-state index in [1.165, 1.54) is 38.5 Å². The van der Waals surface area contributed by atoms with E-state index < -0.39 is 0 Å². The summed E-state index contributed by atoms with van der Waals surface area (Å²) in [7, 11) is 0. The smallest absolute Gasteiger partial charge is 0.184 e. The molecule has 0 radical (unpaired) electrons. The minimum absolute atomic E-state index is 0.363. The van der Waals surface area contributed by atoms with Crippen LogP contribution in [0.3, 0.4) is 0 Å². The van der Waals surface area contributed by atoms with E-state index in [0.717, 1.165) is 36.8 Å². The Labute approximate surface area is 98.6 Å². The number of ketones is 1. The fraction of sp³-hybridized carbons (Fsp3) is 0.667. The molecule has 1 heteroatoms. The Hall–Kier alpha value is -0.850. The lowest BCUT2D eigenvalue weighted by Gasteiger charge is -2.15. The van der Waals surface area contributed by atoms with Gasteiger partial charge in [-0.1, -0.05) is 25.0 Å². The van der Waals surface area contributed by atoms with Gasteiger partial charge in [0.2, 0.25) is 0 Å². The Bertz CT molecular complexity index is 309.